The van der Waals surface area contributed by atoms with Gasteiger partial charge in [-0.25, -0.2) is 4.79 Å². The zero-order valence-electron chi connectivity index (χ0n) is 8.21. The van der Waals surface area contributed by atoms with Gasteiger partial charge in [-0.1, -0.05) is 0 Å². The van der Waals surface area contributed by atoms with Gasteiger partial charge in [0.25, 0.3) is 0 Å². The highest BCUT2D eigenvalue weighted by Crippen LogP contribution is 2.39. The van der Waals surface area contributed by atoms with Crippen molar-refractivity contribution in [1.29, 1.82) is 0 Å². The summed E-state index contributed by atoms with van der Waals surface area (Å²) >= 11 is 0. The van der Waals surface area contributed by atoms with Crippen LogP contribution in [0, 0.1) is 5.92 Å². The molecule has 1 unspecified atom stereocenters. The molecule has 4 nitrogen and oxygen atoms in total. The van der Waals surface area contributed by atoms with Crippen molar-refractivity contribution in [2.45, 2.75) is 25.3 Å². The lowest BCUT2D eigenvalue weighted by molar-refractivity contribution is -0.152. The first-order valence-electron chi connectivity index (χ1n) is 4.60. The fourth-order valence-corrected chi connectivity index (χ4v) is 1.45. The molecular formula is C9H17NO3. The van der Waals surface area contributed by atoms with Gasteiger partial charge >= 0.3 is 5.97 Å². The number of hydrogen-bond donors (Lipinski definition) is 1. The van der Waals surface area contributed by atoms with Crippen molar-refractivity contribution in [2.75, 3.05) is 20.3 Å². The summed E-state index contributed by atoms with van der Waals surface area (Å²) in [6.07, 6.45) is 2.00. The van der Waals surface area contributed by atoms with E-state index in [9.17, 15) is 4.79 Å². The molecule has 13 heavy (non-hydrogen) atoms. The highest BCUT2D eigenvalue weighted by molar-refractivity contribution is 5.81. The third-order valence-corrected chi connectivity index (χ3v) is 2.34. The van der Waals surface area contributed by atoms with Crippen LogP contribution >= 0.6 is 0 Å². The topological polar surface area (TPSA) is 61.5 Å². The molecule has 1 saturated carbocycles. The van der Waals surface area contributed by atoms with Crippen LogP contribution in [-0.2, 0) is 14.3 Å². The first-order valence-corrected chi connectivity index (χ1v) is 4.60. The Kier molecular flexibility index (Phi) is 3.27. The van der Waals surface area contributed by atoms with Crippen molar-refractivity contribution in [2.24, 2.45) is 11.7 Å². The lowest BCUT2D eigenvalue weighted by Gasteiger charge is -2.25. The molecule has 4 heteroatoms. The van der Waals surface area contributed by atoms with E-state index in [1.807, 2.05) is 0 Å². The Hall–Kier alpha value is -0.610. The molecule has 0 aliphatic heterocycles. The van der Waals surface area contributed by atoms with Gasteiger partial charge in [-0.3, -0.25) is 0 Å². The predicted molar refractivity (Wildman–Crippen MR) is 48.2 cm³/mol. The van der Waals surface area contributed by atoms with Crippen LogP contribution in [0.1, 0.15) is 19.8 Å². The number of rotatable bonds is 5. The number of methoxy groups -OCH3 is 1. The molecule has 1 aliphatic carbocycles. The van der Waals surface area contributed by atoms with E-state index >= 15 is 0 Å². The molecule has 1 fully saturated rings. The van der Waals surface area contributed by atoms with Gasteiger partial charge in [-0.05, 0) is 25.7 Å². The Morgan fingerprint density at radius 3 is 2.62 bits per heavy atom. The second-order valence-corrected chi connectivity index (χ2v) is 3.47. The first kappa shape index (κ1) is 10.5. The SMILES string of the molecule is CCOC(=O)C(N)(COC)C1CC1. The van der Waals surface area contributed by atoms with Crippen LogP contribution in [-0.4, -0.2) is 31.8 Å². The molecule has 0 bridgehead atoms. The summed E-state index contributed by atoms with van der Waals surface area (Å²) < 4.78 is 9.87. The Morgan fingerprint density at radius 2 is 2.23 bits per heavy atom. The third kappa shape index (κ3) is 2.19. The summed E-state index contributed by atoms with van der Waals surface area (Å²) in [6, 6.07) is 0. The van der Waals surface area contributed by atoms with Crippen molar-refractivity contribution < 1.29 is 14.3 Å². The second kappa shape index (κ2) is 4.07. The number of carbonyl (C=O) groups is 1. The highest BCUT2D eigenvalue weighted by Gasteiger charge is 2.49. The van der Waals surface area contributed by atoms with Crippen LogP contribution in [0.15, 0.2) is 0 Å². The molecule has 0 saturated heterocycles. The maximum Gasteiger partial charge on any atom is 0.328 e. The summed E-state index contributed by atoms with van der Waals surface area (Å²) in [4.78, 5) is 11.5. The maximum absolute atomic E-state index is 11.5. The molecular weight excluding hydrogens is 170 g/mol. The summed E-state index contributed by atoms with van der Waals surface area (Å²) in [5, 5.41) is 0. The Balaban J connectivity index is 2.59. The molecule has 0 aromatic rings. The fraction of sp³-hybridized carbons (Fsp3) is 0.889. The van der Waals surface area contributed by atoms with Crippen LogP contribution in [0.2, 0.25) is 0 Å². The molecule has 76 valence electrons. The van der Waals surface area contributed by atoms with Gasteiger partial charge < -0.3 is 15.2 Å². The number of ether oxygens (including phenoxy) is 2. The minimum Gasteiger partial charge on any atom is -0.465 e. The average Bonchev–Trinajstić information content (AvgIpc) is 2.87. The van der Waals surface area contributed by atoms with Crippen molar-refractivity contribution in [3.8, 4) is 0 Å². The Labute approximate surface area is 78.4 Å². The van der Waals surface area contributed by atoms with Crippen LogP contribution in [0.5, 0.6) is 0 Å². The van der Waals surface area contributed by atoms with E-state index in [1.165, 1.54) is 0 Å². The average molecular weight is 187 g/mol. The first-order chi connectivity index (χ1) is 6.15. The van der Waals surface area contributed by atoms with E-state index in [2.05, 4.69) is 0 Å². The van der Waals surface area contributed by atoms with E-state index in [-0.39, 0.29) is 18.5 Å². The van der Waals surface area contributed by atoms with Gasteiger partial charge in [-0.15, -0.1) is 0 Å². The number of esters is 1. The van der Waals surface area contributed by atoms with Gasteiger partial charge in [-0.2, -0.15) is 0 Å². The minimum absolute atomic E-state index is 0.242. The zero-order chi connectivity index (χ0) is 9.90. The van der Waals surface area contributed by atoms with Crippen LogP contribution < -0.4 is 5.73 Å². The van der Waals surface area contributed by atoms with Crippen molar-refractivity contribution in [1.82, 2.24) is 0 Å². The molecule has 0 amide bonds. The van der Waals surface area contributed by atoms with Gasteiger partial charge in [0.2, 0.25) is 0 Å². The summed E-state index contributed by atoms with van der Waals surface area (Å²) in [7, 11) is 1.54. The smallest absolute Gasteiger partial charge is 0.328 e. The normalized spacial score (nSPS) is 20.8. The molecule has 0 heterocycles. The van der Waals surface area contributed by atoms with Crippen LogP contribution in [0.3, 0.4) is 0 Å². The van der Waals surface area contributed by atoms with Gasteiger partial charge in [0.05, 0.1) is 13.2 Å². The predicted octanol–water partition coefficient (Wildman–Crippen LogP) is 0.303. The molecule has 1 aliphatic rings. The molecule has 1 atom stereocenters. The minimum atomic E-state index is -0.912. The number of carbonyl (C=O) groups excluding carboxylic acids is 1. The summed E-state index contributed by atoms with van der Waals surface area (Å²) in [5.41, 5.74) is 5.03. The molecule has 0 aromatic heterocycles. The van der Waals surface area contributed by atoms with E-state index in [0.717, 1.165) is 12.8 Å². The van der Waals surface area contributed by atoms with Crippen molar-refractivity contribution in [3.05, 3.63) is 0 Å². The standard InChI is InChI=1S/C9H17NO3/c1-3-13-8(11)9(10,6-12-2)7-4-5-7/h7H,3-6,10H2,1-2H3. The Morgan fingerprint density at radius 1 is 1.62 bits per heavy atom. The molecule has 0 radical (unpaired) electrons. The third-order valence-electron chi connectivity index (χ3n) is 2.34. The van der Waals surface area contributed by atoms with Crippen molar-refractivity contribution >= 4 is 5.97 Å². The van der Waals surface area contributed by atoms with E-state index in [1.54, 1.807) is 14.0 Å². The fourth-order valence-electron chi connectivity index (χ4n) is 1.45. The Bertz CT molecular complexity index is 191. The molecule has 0 spiro atoms. The lowest BCUT2D eigenvalue weighted by atomic mass is 9.96. The van der Waals surface area contributed by atoms with E-state index in [0.29, 0.717) is 6.61 Å². The lowest BCUT2D eigenvalue weighted by Crippen LogP contribution is -2.54. The molecule has 2 N–H and O–H groups in total. The highest BCUT2D eigenvalue weighted by atomic mass is 16.5. The largest absolute Gasteiger partial charge is 0.465 e. The zero-order valence-corrected chi connectivity index (χ0v) is 8.21. The number of hydrogen-bond acceptors (Lipinski definition) is 4. The quantitative estimate of drug-likeness (QED) is 0.629. The number of nitrogens with two attached hydrogens (primary N) is 1. The summed E-state index contributed by atoms with van der Waals surface area (Å²) in [6.45, 7) is 2.39. The van der Waals surface area contributed by atoms with E-state index in [4.69, 9.17) is 15.2 Å². The molecule has 1 rings (SSSR count). The van der Waals surface area contributed by atoms with Crippen LogP contribution in [0.25, 0.3) is 0 Å². The molecule has 0 aromatic carbocycles. The second-order valence-electron chi connectivity index (χ2n) is 3.47. The van der Waals surface area contributed by atoms with E-state index < -0.39 is 5.54 Å². The van der Waals surface area contributed by atoms with Gasteiger partial charge in [0.1, 0.15) is 5.54 Å². The van der Waals surface area contributed by atoms with Gasteiger partial charge in [0, 0.05) is 7.11 Å². The van der Waals surface area contributed by atoms with Gasteiger partial charge in [0.15, 0.2) is 0 Å². The maximum atomic E-state index is 11.5. The van der Waals surface area contributed by atoms with Crippen molar-refractivity contribution in [3.63, 3.8) is 0 Å². The van der Waals surface area contributed by atoms with Crippen LogP contribution in [0.4, 0.5) is 0 Å². The summed E-state index contributed by atoms with van der Waals surface area (Å²) in [5.74, 6) is -0.0918. The monoisotopic (exact) mass is 187 g/mol.